The molecule has 0 saturated carbocycles. The van der Waals surface area contributed by atoms with Crippen LogP contribution in [-0.4, -0.2) is 41.7 Å². The number of para-hydroxylation sites is 1. The molecule has 1 N–H and O–H groups in total. The molecule has 0 bridgehead atoms. The van der Waals surface area contributed by atoms with Crippen LogP contribution in [0.3, 0.4) is 0 Å². The Labute approximate surface area is 143 Å². The van der Waals surface area contributed by atoms with Gasteiger partial charge in [0.2, 0.25) is 5.91 Å². The number of rotatable bonds is 5. The predicted molar refractivity (Wildman–Crippen MR) is 95.8 cm³/mol. The summed E-state index contributed by atoms with van der Waals surface area (Å²) in [6, 6.07) is 20.2. The van der Waals surface area contributed by atoms with Crippen molar-refractivity contribution in [1.82, 2.24) is 4.90 Å². The molecule has 4 heteroatoms. The van der Waals surface area contributed by atoms with E-state index in [0.29, 0.717) is 19.6 Å². The summed E-state index contributed by atoms with van der Waals surface area (Å²) in [6.45, 7) is 2.20. The number of anilines is 1. The first-order valence-electron chi connectivity index (χ1n) is 8.52. The van der Waals surface area contributed by atoms with Gasteiger partial charge in [-0.2, -0.15) is 0 Å². The number of nitrogens with zero attached hydrogens (tertiary/aromatic N) is 2. The molecule has 1 amide bonds. The van der Waals surface area contributed by atoms with E-state index in [1.54, 1.807) is 4.90 Å². The quantitative estimate of drug-likeness (QED) is 0.919. The summed E-state index contributed by atoms with van der Waals surface area (Å²) >= 11 is 0. The lowest BCUT2D eigenvalue weighted by Crippen LogP contribution is -2.46. The lowest BCUT2D eigenvalue weighted by molar-refractivity contribution is -0.132. The van der Waals surface area contributed by atoms with E-state index >= 15 is 0 Å². The van der Waals surface area contributed by atoms with Crippen LogP contribution in [0.1, 0.15) is 18.4 Å². The largest absolute Gasteiger partial charge is 0.391 e. The van der Waals surface area contributed by atoms with Crippen LogP contribution in [0.25, 0.3) is 0 Å². The van der Waals surface area contributed by atoms with Crippen molar-refractivity contribution < 1.29 is 9.90 Å². The van der Waals surface area contributed by atoms with Gasteiger partial charge in [0, 0.05) is 25.3 Å². The summed E-state index contributed by atoms with van der Waals surface area (Å²) in [4.78, 5) is 16.6. The minimum Gasteiger partial charge on any atom is -0.391 e. The summed E-state index contributed by atoms with van der Waals surface area (Å²) in [5, 5.41) is 9.81. The minimum atomic E-state index is -0.387. The van der Waals surface area contributed by atoms with Crippen LogP contribution in [0, 0.1) is 0 Å². The molecule has 2 aromatic rings. The van der Waals surface area contributed by atoms with Crippen molar-refractivity contribution in [2.75, 3.05) is 24.5 Å². The molecule has 0 aliphatic carbocycles. The maximum absolute atomic E-state index is 12.7. The molecule has 24 heavy (non-hydrogen) atoms. The second kappa shape index (κ2) is 7.97. The Morgan fingerprint density at radius 2 is 1.75 bits per heavy atom. The number of aliphatic hydroxyl groups excluding tert-OH is 1. The monoisotopic (exact) mass is 324 g/mol. The van der Waals surface area contributed by atoms with E-state index in [2.05, 4.69) is 17.0 Å². The second-order valence-corrected chi connectivity index (χ2v) is 6.31. The first-order chi connectivity index (χ1) is 11.7. The molecule has 1 unspecified atom stereocenters. The molecule has 1 fully saturated rings. The number of β-amino-alcohol motifs (C(OH)–C–C–N with tert-alkyl or cyclic N) is 1. The highest BCUT2D eigenvalue weighted by atomic mass is 16.3. The van der Waals surface area contributed by atoms with Crippen LogP contribution in [0.15, 0.2) is 60.7 Å². The Balaban J connectivity index is 1.73. The molecule has 3 rings (SSSR count). The van der Waals surface area contributed by atoms with Gasteiger partial charge in [0.1, 0.15) is 0 Å². The van der Waals surface area contributed by atoms with Gasteiger partial charge in [-0.05, 0) is 30.5 Å². The summed E-state index contributed by atoms with van der Waals surface area (Å²) in [5.74, 6) is 0.0773. The summed E-state index contributed by atoms with van der Waals surface area (Å²) in [5.41, 5.74) is 2.21. The number of carbonyl (C=O) groups excluding carboxylic acids is 1. The highest BCUT2D eigenvalue weighted by Crippen LogP contribution is 2.18. The van der Waals surface area contributed by atoms with Crippen molar-refractivity contribution in [3.05, 3.63) is 66.2 Å². The third-order valence-electron chi connectivity index (χ3n) is 4.41. The van der Waals surface area contributed by atoms with Crippen LogP contribution in [0.2, 0.25) is 0 Å². The molecule has 4 nitrogen and oxygen atoms in total. The Kier molecular flexibility index (Phi) is 5.49. The van der Waals surface area contributed by atoms with Crippen molar-refractivity contribution >= 4 is 11.6 Å². The summed E-state index contributed by atoms with van der Waals surface area (Å²) in [6.07, 6.45) is 1.27. The number of amides is 1. The van der Waals surface area contributed by atoms with E-state index in [0.717, 1.165) is 25.1 Å². The predicted octanol–water partition coefficient (Wildman–Crippen LogP) is 2.68. The van der Waals surface area contributed by atoms with E-state index in [4.69, 9.17) is 0 Å². The average Bonchev–Trinajstić information content (AvgIpc) is 2.63. The molecule has 1 aliphatic heterocycles. The molecule has 126 valence electrons. The van der Waals surface area contributed by atoms with Crippen molar-refractivity contribution in [3.8, 4) is 0 Å². The Hall–Kier alpha value is -2.33. The molecule has 1 atom stereocenters. The molecular formula is C20H24N2O2. The Morgan fingerprint density at radius 1 is 1.08 bits per heavy atom. The number of hydrogen-bond acceptors (Lipinski definition) is 3. The molecule has 0 aromatic heterocycles. The van der Waals surface area contributed by atoms with Crippen molar-refractivity contribution in [2.24, 2.45) is 0 Å². The zero-order valence-corrected chi connectivity index (χ0v) is 13.8. The number of benzene rings is 2. The zero-order valence-electron chi connectivity index (χ0n) is 13.8. The lowest BCUT2D eigenvalue weighted by Gasteiger charge is -2.33. The average molecular weight is 324 g/mol. The first kappa shape index (κ1) is 16.5. The van der Waals surface area contributed by atoms with Gasteiger partial charge in [-0.3, -0.25) is 4.79 Å². The van der Waals surface area contributed by atoms with Gasteiger partial charge in [-0.1, -0.05) is 48.5 Å². The van der Waals surface area contributed by atoms with Crippen LogP contribution < -0.4 is 4.90 Å². The van der Waals surface area contributed by atoms with E-state index in [1.165, 1.54) is 5.56 Å². The van der Waals surface area contributed by atoms with Gasteiger partial charge in [0.15, 0.2) is 0 Å². The third-order valence-corrected chi connectivity index (χ3v) is 4.41. The lowest BCUT2D eigenvalue weighted by atomic mass is 10.1. The standard InChI is InChI=1S/C20H24N2O2/c23-19-12-7-13-21(15-19)20(24)16-22(18-10-5-2-6-11-18)14-17-8-3-1-4-9-17/h1-6,8-11,19,23H,7,12-16H2. The fourth-order valence-corrected chi connectivity index (χ4v) is 3.13. The molecule has 1 saturated heterocycles. The molecular weight excluding hydrogens is 300 g/mol. The van der Waals surface area contributed by atoms with E-state index in [1.807, 2.05) is 48.5 Å². The van der Waals surface area contributed by atoms with Crippen LogP contribution >= 0.6 is 0 Å². The van der Waals surface area contributed by atoms with Crippen molar-refractivity contribution in [1.29, 1.82) is 0 Å². The minimum absolute atomic E-state index is 0.0773. The molecule has 0 radical (unpaired) electrons. The third kappa shape index (κ3) is 4.36. The SMILES string of the molecule is O=C(CN(Cc1ccccc1)c1ccccc1)N1CCCC(O)C1. The normalized spacial score (nSPS) is 17.5. The highest BCUT2D eigenvalue weighted by Gasteiger charge is 2.23. The smallest absolute Gasteiger partial charge is 0.242 e. The fourth-order valence-electron chi connectivity index (χ4n) is 3.13. The molecule has 1 heterocycles. The first-order valence-corrected chi connectivity index (χ1v) is 8.52. The van der Waals surface area contributed by atoms with E-state index in [-0.39, 0.29) is 12.0 Å². The number of carbonyl (C=O) groups is 1. The van der Waals surface area contributed by atoms with E-state index < -0.39 is 0 Å². The Bertz CT molecular complexity index is 645. The van der Waals surface area contributed by atoms with Crippen molar-refractivity contribution in [2.45, 2.75) is 25.5 Å². The van der Waals surface area contributed by atoms with Crippen LogP contribution in [0.4, 0.5) is 5.69 Å². The zero-order chi connectivity index (χ0) is 16.8. The maximum atomic E-state index is 12.7. The maximum Gasteiger partial charge on any atom is 0.242 e. The number of likely N-dealkylation sites (tertiary alicyclic amines) is 1. The fraction of sp³-hybridized carbons (Fsp3) is 0.350. The summed E-state index contributed by atoms with van der Waals surface area (Å²) in [7, 11) is 0. The molecule has 0 spiro atoms. The number of aliphatic hydroxyl groups is 1. The van der Waals surface area contributed by atoms with Gasteiger partial charge >= 0.3 is 0 Å². The number of piperidine rings is 1. The van der Waals surface area contributed by atoms with Crippen molar-refractivity contribution in [3.63, 3.8) is 0 Å². The van der Waals surface area contributed by atoms with Crippen LogP contribution in [0.5, 0.6) is 0 Å². The van der Waals surface area contributed by atoms with Crippen LogP contribution in [-0.2, 0) is 11.3 Å². The van der Waals surface area contributed by atoms with Gasteiger partial charge < -0.3 is 14.9 Å². The van der Waals surface area contributed by atoms with Gasteiger partial charge in [0.05, 0.1) is 12.6 Å². The topological polar surface area (TPSA) is 43.8 Å². The van der Waals surface area contributed by atoms with Gasteiger partial charge in [-0.25, -0.2) is 0 Å². The summed E-state index contributed by atoms with van der Waals surface area (Å²) < 4.78 is 0. The number of hydrogen-bond donors (Lipinski definition) is 1. The highest BCUT2D eigenvalue weighted by molar-refractivity contribution is 5.81. The Morgan fingerprint density at radius 3 is 2.42 bits per heavy atom. The van der Waals surface area contributed by atoms with Gasteiger partial charge in [-0.15, -0.1) is 0 Å². The molecule has 1 aliphatic rings. The second-order valence-electron chi connectivity index (χ2n) is 6.31. The molecule has 2 aromatic carbocycles. The van der Waals surface area contributed by atoms with E-state index in [9.17, 15) is 9.90 Å². The van der Waals surface area contributed by atoms with Gasteiger partial charge in [0.25, 0.3) is 0 Å².